The fourth-order valence-corrected chi connectivity index (χ4v) is 5.68. The Labute approximate surface area is 230 Å². The van der Waals surface area contributed by atoms with Crippen molar-refractivity contribution in [1.29, 1.82) is 0 Å². The predicted octanol–water partition coefficient (Wildman–Crippen LogP) is 5.79. The van der Waals surface area contributed by atoms with E-state index in [9.17, 15) is 9.59 Å². The first-order valence-corrected chi connectivity index (χ1v) is 13.5. The van der Waals surface area contributed by atoms with Gasteiger partial charge in [-0.05, 0) is 68.9 Å². The predicted molar refractivity (Wildman–Crippen MR) is 150 cm³/mol. The molecule has 9 heteroatoms. The maximum Gasteiger partial charge on any atom is 0.333 e. The molecule has 1 amide bonds. The highest BCUT2D eigenvalue weighted by Crippen LogP contribution is 2.28. The van der Waals surface area contributed by atoms with Crippen LogP contribution in [0.15, 0.2) is 82.4 Å². The molecule has 3 aromatic heterocycles. The van der Waals surface area contributed by atoms with E-state index in [0.717, 1.165) is 53.7 Å². The van der Waals surface area contributed by atoms with Gasteiger partial charge in [-0.3, -0.25) is 18.9 Å². The summed E-state index contributed by atoms with van der Waals surface area (Å²) in [7, 11) is 0. The second-order valence-corrected chi connectivity index (χ2v) is 10.6. The Bertz CT molecular complexity index is 1680. The minimum atomic E-state index is -0.139. The average Bonchev–Trinajstić information content (AvgIpc) is 3.58. The standard InChI is InChI=1S/C30H28ClN5O3/c1-19-25(16-22(31)17-32-19)29(37)33-23-10-6-20(7-11-23)18-35-27-4-2-3-5-28(27)36(30(35)38)24-12-8-21(9-13-24)26-14-15-39-34-26/h2-5,8-9,12-17,20,23H,6-7,10-11,18H2,1H3,(H,33,37). The molecule has 1 N–H and O–H groups in total. The van der Waals surface area contributed by atoms with Crippen molar-refractivity contribution >= 4 is 28.5 Å². The molecule has 1 aliphatic carbocycles. The lowest BCUT2D eigenvalue weighted by Crippen LogP contribution is -2.39. The number of hydrogen-bond donors (Lipinski definition) is 1. The summed E-state index contributed by atoms with van der Waals surface area (Å²) in [5, 5.41) is 7.59. The molecule has 0 radical (unpaired) electrons. The highest BCUT2D eigenvalue weighted by Gasteiger charge is 2.25. The van der Waals surface area contributed by atoms with E-state index in [4.69, 9.17) is 16.1 Å². The van der Waals surface area contributed by atoms with Gasteiger partial charge in [-0.15, -0.1) is 0 Å². The molecule has 198 valence electrons. The van der Waals surface area contributed by atoms with Gasteiger partial charge in [-0.1, -0.05) is 41.0 Å². The average molecular weight is 542 g/mol. The van der Waals surface area contributed by atoms with Crippen LogP contribution in [0.4, 0.5) is 0 Å². The van der Waals surface area contributed by atoms with Crippen LogP contribution in [0, 0.1) is 12.8 Å². The van der Waals surface area contributed by atoms with Crippen molar-refractivity contribution in [3.63, 3.8) is 0 Å². The van der Waals surface area contributed by atoms with Crippen molar-refractivity contribution < 1.29 is 9.32 Å². The first-order chi connectivity index (χ1) is 19.0. The van der Waals surface area contributed by atoms with E-state index in [0.29, 0.717) is 28.7 Å². The van der Waals surface area contributed by atoms with Crippen molar-refractivity contribution in [3.8, 4) is 16.9 Å². The number of para-hydroxylation sites is 2. The number of nitrogens with one attached hydrogen (secondary N) is 1. The number of aryl methyl sites for hydroxylation is 1. The third-order valence-corrected chi connectivity index (χ3v) is 7.82. The van der Waals surface area contributed by atoms with Gasteiger partial charge in [-0.25, -0.2) is 4.79 Å². The number of imidazole rings is 1. The molecule has 0 saturated heterocycles. The molecule has 0 spiro atoms. The lowest BCUT2D eigenvalue weighted by molar-refractivity contribution is 0.0919. The Kier molecular flexibility index (Phi) is 6.79. The van der Waals surface area contributed by atoms with E-state index in [1.54, 1.807) is 30.0 Å². The number of benzene rings is 2. The van der Waals surface area contributed by atoms with Gasteiger partial charge in [0.25, 0.3) is 5.91 Å². The number of hydrogen-bond acceptors (Lipinski definition) is 5. The SMILES string of the molecule is Cc1ncc(Cl)cc1C(=O)NC1CCC(Cn2c(=O)n(-c3ccc(-c4ccon4)cc3)c3ccccc32)CC1. The quantitative estimate of drug-likeness (QED) is 0.293. The van der Waals surface area contributed by atoms with Crippen molar-refractivity contribution in [3.05, 3.63) is 99.9 Å². The van der Waals surface area contributed by atoms with Crippen LogP contribution in [0.2, 0.25) is 5.02 Å². The summed E-state index contributed by atoms with van der Waals surface area (Å²) in [6.07, 6.45) is 6.67. The van der Waals surface area contributed by atoms with Gasteiger partial charge in [0.1, 0.15) is 12.0 Å². The van der Waals surface area contributed by atoms with E-state index in [1.807, 2.05) is 59.2 Å². The molecule has 1 saturated carbocycles. The van der Waals surface area contributed by atoms with Gasteiger partial charge in [-0.2, -0.15) is 0 Å². The summed E-state index contributed by atoms with van der Waals surface area (Å²) in [6, 6.07) is 19.2. The molecule has 39 heavy (non-hydrogen) atoms. The van der Waals surface area contributed by atoms with E-state index in [1.165, 1.54) is 0 Å². The van der Waals surface area contributed by atoms with Crippen LogP contribution in [-0.2, 0) is 6.54 Å². The molecule has 0 unspecified atom stereocenters. The first-order valence-electron chi connectivity index (χ1n) is 13.1. The summed E-state index contributed by atoms with van der Waals surface area (Å²) in [5.74, 6) is 0.207. The van der Waals surface area contributed by atoms with Crippen LogP contribution in [0.1, 0.15) is 41.7 Å². The number of carbonyl (C=O) groups is 1. The van der Waals surface area contributed by atoms with Gasteiger partial charge >= 0.3 is 5.69 Å². The van der Waals surface area contributed by atoms with Gasteiger partial charge in [0.2, 0.25) is 0 Å². The topological polar surface area (TPSA) is 95.0 Å². The van der Waals surface area contributed by atoms with E-state index < -0.39 is 0 Å². The van der Waals surface area contributed by atoms with E-state index in [2.05, 4.69) is 15.5 Å². The zero-order chi connectivity index (χ0) is 26.9. The third kappa shape index (κ3) is 5.00. The number of halogens is 1. The van der Waals surface area contributed by atoms with Crippen molar-refractivity contribution in [1.82, 2.24) is 24.6 Å². The molecular formula is C30H28ClN5O3. The van der Waals surface area contributed by atoms with E-state index in [-0.39, 0.29) is 17.6 Å². The third-order valence-electron chi connectivity index (χ3n) is 7.62. The second kappa shape index (κ2) is 10.5. The largest absolute Gasteiger partial charge is 0.364 e. The summed E-state index contributed by atoms with van der Waals surface area (Å²) in [6.45, 7) is 2.45. The molecule has 0 aliphatic heterocycles. The number of rotatable bonds is 6. The normalized spacial score (nSPS) is 17.4. The van der Waals surface area contributed by atoms with Crippen LogP contribution in [0.25, 0.3) is 28.0 Å². The number of aromatic nitrogens is 4. The maximum absolute atomic E-state index is 13.7. The Hall–Kier alpha value is -4.17. The lowest BCUT2D eigenvalue weighted by Gasteiger charge is -2.29. The van der Waals surface area contributed by atoms with Crippen LogP contribution >= 0.6 is 11.6 Å². The number of carbonyl (C=O) groups excluding carboxylic acids is 1. The van der Waals surface area contributed by atoms with Gasteiger partial charge in [0, 0.05) is 30.4 Å². The summed E-state index contributed by atoms with van der Waals surface area (Å²) in [4.78, 5) is 30.7. The molecule has 1 fully saturated rings. The fraction of sp³-hybridized carbons (Fsp3) is 0.267. The molecule has 8 nitrogen and oxygen atoms in total. The summed E-state index contributed by atoms with van der Waals surface area (Å²) >= 11 is 6.04. The second-order valence-electron chi connectivity index (χ2n) is 10.1. The van der Waals surface area contributed by atoms with Crippen LogP contribution in [-0.4, -0.2) is 31.2 Å². The fourth-order valence-electron chi connectivity index (χ4n) is 5.53. The van der Waals surface area contributed by atoms with Crippen LogP contribution in [0.3, 0.4) is 0 Å². The monoisotopic (exact) mass is 541 g/mol. The Balaban J connectivity index is 1.18. The van der Waals surface area contributed by atoms with Gasteiger partial charge < -0.3 is 9.84 Å². The van der Waals surface area contributed by atoms with Crippen LogP contribution in [0.5, 0.6) is 0 Å². The summed E-state index contributed by atoms with van der Waals surface area (Å²) in [5.41, 5.74) is 5.40. The highest BCUT2D eigenvalue weighted by atomic mass is 35.5. The van der Waals surface area contributed by atoms with Crippen molar-refractivity contribution in [2.75, 3.05) is 0 Å². The van der Waals surface area contributed by atoms with Crippen molar-refractivity contribution in [2.45, 2.75) is 45.2 Å². The number of nitrogens with zero attached hydrogens (tertiary/aromatic N) is 4. The number of amides is 1. The zero-order valence-corrected chi connectivity index (χ0v) is 22.3. The molecule has 6 rings (SSSR count). The zero-order valence-electron chi connectivity index (χ0n) is 21.5. The van der Waals surface area contributed by atoms with Crippen molar-refractivity contribution in [2.24, 2.45) is 5.92 Å². The maximum atomic E-state index is 13.7. The minimum absolute atomic E-state index is 0.0512. The first kappa shape index (κ1) is 25.1. The summed E-state index contributed by atoms with van der Waals surface area (Å²) < 4.78 is 8.62. The van der Waals surface area contributed by atoms with Gasteiger partial charge in [0.05, 0.1) is 33.0 Å². The molecule has 3 heterocycles. The molecular weight excluding hydrogens is 514 g/mol. The number of fused-ring (bicyclic) bond motifs is 1. The Morgan fingerprint density at radius 3 is 2.51 bits per heavy atom. The van der Waals surface area contributed by atoms with E-state index >= 15 is 0 Å². The Morgan fingerprint density at radius 2 is 1.79 bits per heavy atom. The van der Waals surface area contributed by atoms with Crippen LogP contribution < -0.4 is 11.0 Å². The molecule has 2 aromatic carbocycles. The lowest BCUT2D eigenvalue weighted by atomic mass is 9.85. The molecule has 1 aliphatic rings. The number of pyridine rings is 1. The molecule has 0 atom stereocenters. The highest BCUT2D eigenvalue weighted by molar-refractivity contribution is 6.30. The van der Waals surface area contributed by atoms with Gasteiger partial charge in [0.15, 0.2) is 0 Å². The molecule has 0 bridgehead atoms. The molecule has 5 aromatic rings. The minimum Gasteiger partial charge on any atom is -0.364 e. The smallest absolute Gasteiger partial charge is 0.333 e. The Morgan fingerprint density at radius 1 is 1.05 bits per heavy atom.